The molecule has 0 aromatic heterocycles. The number of primary amides is 1. The molecule has 126 valence electrons. The highest BCUT2D eigenvalue weighted by Gasteiger charge is 2.35. The smallest absolute Gasteiger partial charge is 0.234 e. The van der Waals surface area contributed by atoms with Crippen LogP contribution in [0.25, 0.3) is 0 Å². The van der Waals surface area contributed by atoms with Gasteiger partial charge in [0, 0.05) is 38.2 Å². The van der Waals surface area contributed by atoms with Gasteiger partial charge >= 0.3 is 0 Å². The van der Waals surface area contributed by atoms with E-state index in [4.69, 9.17) is 22.1 Å². The molecule has 3 N–H and O–H groups in total. The van der Waals surface area contributed by atoms with Gasteiger partial charge in [-0.05, 0) is 18.1 Å². The first-order chi connectivity index (χ1) is 11.0. The summed E-state index contributed by atoms with van der Waals surface area (Å²) in [6, 6.07) is 7.01. The molecule has 2 amide bonds. The second kappa shape index (κ2) is 8.29. The molecule has 7 heteroatoms. The molecule has 0 radical (unpaired) electrons. The van der Waals surface area contributed by atoms with Crippen LogP contribution in [0.15, 0.2) is 24.3 Å². The molecule has 1 aromatic carbocycles. The summed E-state index contributed by atoms with van der Waals surface area (Å²) >= 11 is 6.05. The second-order valence-corrected chi connectivity index (χ2v) is 6.03. The Morgan fingerprint density at radius 3 is 2.83 bits per heavy atom. The molecular weight excluding hydrogens is 318 g/mol. The molecule has 6 nitrogen and oxygen atoms in total. The lowest BCUT2D eigenvalue weighted by Gasteiger charge is -2.21. The predicted octanol–water partition coefficient (Wildman–Crippen LogP) is 0.921. The van der Waals surface area contributed by atoms with Gasteiger partial charge in [-0.25, -0.2) is 0 Å². The van der Waals surface area contributed by atoms with Gasteiger partial charge in [0.2, 0.25) is 11.8 Å². The Kier molecular flexibility index (Phi) is 6.38. The van der Waals surface area contributed by atoms with Crippen molar-refractivity contribution in [3.63, 3.8) is 0 Å². The van der Waals surface area contributed by atoms with Crippen molar-refractivity contribution in [1.29, 1.82) is 0 Å². The summed E-state index contributed by atoms with van der Waals surface area (Å²) in [5, 5.41) is 3.46. The van der Waals surface area contributed by atoms with E-state index in [2.05, 4.69) is 5.32 Å². The lowest BCUT2D eigenvalue weighted by atomic mass is 10.2. The van der Waals surface area contributed by atoms with E-state index in [9.17, 15) is 9.59 Å². The van der Waals surface area contributed by atoms with Crippen LogP contribution in [0.2, 0.25) is 5.02 Å². The van der Waals surface area contributed by atoms with Crippen LogP contribution in [0.4, 0.5) is 0 Å². The summed E-state index contributed by atoms with van der Waals surface area (Å²) in [6.45, 7) is 1.47. The van der Waals surface area contributed by atoms with Crippen molar-refractivity contribution in [2.75, 3.05) is 20.2 Å². The van der Waals surface area contributed by atoms with E-state index >= 15 is 0 Å². The average Bonchev–Trinajstić information content (AvgIpc) is 2.96. The fourth-order valence-corrected chi connectivity index (χ4v) is 2.95. The zero-order valence-corrected chi connectivity index (χ0v) is 13.9. The van der Waals surface area contributed by atoms with Crippen molar-refractivity contribution < 1.29 is 14.3 Å². The lowest BCUT2D eigenvalue weighted by Crippen LogP contribution is -2.41. The molecule has 1 heterocycles. The fourth-order valence-electron chi connectivity index (χ4n) is 2.74. The van der Waals surface area contributed by atoms with Crippen LogP contribution >= 0.6 is 11.6 Å². The Balaban J connectivity index is 1.79. The molecule has 0 bridgehead atoms. The minimum atomic E-state index is -0.374. The number of carbonyl (C=O) groups excluding carboxylic acids is 2. The topological polar surface area (TPSA) is 84.7 Å². The van der Waals surface area contributed by atoms with Crippen molar-refractivity contribution in [3.05, 3.63) is 34.9 Å². The van der Waals surface area contributed by atoms with Gasteiger partial charge in [-0.3, -0.25) is 14.5 Å². The van der Waals surface area contributed by atoms with Crippen molar-refractivity contribution >= 4 is 23.4 Å². The molecule has 2 atom stereocenters. The first-order valence-corrected chi connectivity index (χ1v) is 7.95. The highest BCUT2D eigenvalue weighted by Crippen LogP contribution is 2.20. The van der Waals surface area contributed by atoms with Crippen LogP contribution in [-0.2, 0) is 20.9 Å². The number of hydrogen-bond donors (Lipinski definition) is 2. The van der Waals surface area contributed by atoms with Crippen LogP contribution in [0, 0.1) is 0 Å². The van der Waals surface area contributed by atoms with E-state index in [1.165, 1.54) is 0 Å². The quantitative estimate of drug-likeness (QED) is 0.773. The number of rotatable bonds is 7. The Bertz CT molecular complexity index is 567. The van der Waals surface area contributed by atoms with Crippen LogP contribution in [0.5, 0.6) is 0 Å². The number of likely N-dealkylation sites (tertiary alicyclic amines) is 1. The fraction of sp³-hybridized carbons (Fsp3) is 0.500. The number of nitrogens with zero attached hydrogens (tertiary/aromatic N) is 1. The molecule has 0 unspecified atom stereocenters. The molecule has 1 saturated heterocycles. The lowest BCUT2D eigenvalue weighted by molar-refractivity contribution is -0.124. The van der Waals surface area contributed by atoms with Crippen molar-refractivity contribution in [2.45, 2.75) is 31.5 Å². The monoisotopic (exact) mass is 339 g/mol. The van der Waals surface area contributed by atoms with Crippen molar-refractivity contribution in [3.8, 4) is 0 Å². The van der Waals surface area contributed by atoms with Gasteiger partial charge in [-0.15, -0.1) is 0 Å². The molecule has 23 heavy (non-hydrogen) atoms. The zero-order valence-electron chi connectivity index (χ0n) is 13.1. The molecule has 0 aliphatic carbocycles. The van der Waals surface area contributed by atoms with E-state index in [1.807, 2.05) is 23.1 Å². The van der Waals surface area contributed by atoms with Crippen LogP contribution in [0.3, 0.4) is 0 Å². The van der Waals surface area contributed by atoms with Crippen LogP contribution < -0.4 is 11.1 Å². The van der Waals surface area contributed by atoms with Gasteiger partial charge in [0.15, 0.2) is 0 Å². The molecule has 1 aromatic rings. The minimum absolute atomic E-state index is 0.0151. The van der Waals surface area contributed by atoms with Gasteiger partial charge in [-0.1, -0.05) is 29.8 Å². The summed E-state index contributed by atoms with van der Waals surface area (Å²) in [7, 11) is 1.61. The third-order valence-corrected chi connectivity index (χ3v) is 4.46. The minimum Gasteiger partial charge on any atom is -0.380 e. The largest absolute Gasteiger partial charge is 0.380 e. The Morgan fingerprint density at radius 1 is 1.43 bits per heavy atom. The summed E-state index contributed by atoms with van der Waals surface area (Å²) < 4.78 is 5.28. The highest BCUT2D eigenvalue weighted by molar-refractivity contribution is 6.31. The first kappa shape index (κ1) is 17.7. The Morgan fingerprint density at radius 2 is 2.17 bits per heavy atom. The Labute approximate surface area is 140 Å². The number of halogens is 1. The van der Waals surface area contributed by atoms with E-state index in [0.717, 1.165) is 5.56 Å². The summed E-state index contributed by atoms with van der Waals surface area (Å²) in [6.07, 6.45) is 0.858. The number of benzene rings is 1. The Hall–Kier alpha value is -1.63. The molecule has 1 aliphatic heterocycles. The third kappa shape index (κ3) is 4.92. The van der Waals surface area contributed by atoms with Gasteiger partial charge in [0.25, 0.3) is 0 Å². The number of hydrogen-bond acceptors (Lipinski definition) is 4. The van der Waals surface area contributed by atoms with E-state index < -0.39 is 0 Å². The molecule has 0 spiro atoms. The standard InChI is InChI=1S/C16H22ClN3O3/c1-23-12-8-14(16(18)22)20(10-12)7-6-15(21)19-9-11-4-2-3-5-13(11)17/h2-5,12,14H,6-10H2,1H3,(H2,18,22)(H,19,21)/t12-,14-/m0/s1. The number of amides is 2. The third-order valence-electron chi connectivity index (χ3n) is 4.09. The van der Waals surface area contributed by atoms with Crippen molar-refractivity contribution in [2.24, 2.45) is 5.73 Å². The number of nitrogens with two attached hydrogens (primary N) is 1. The average molecular weight is 340 g/mol. The van der Waals surface area contributed by atoms with Gasteiger partial charge < -0.3 is 15.8 Å². The predicted molar refractivity (Wildman–Crippen MR) is 87.9 cm³/mol. The van der Waals surface area contributed by atoms with Gasteiger partial charge in [0.1, 0.15) is 0 Å². The number of ether oxygens (including phenoxy) is 1. The number of carbonyl (C=O) groups is 2. The normalized spacial score (nSPS) is 21.3. The number of methoxy groups -OCH3 is 1. The first-order valence-electron chi connectivity index (χ1n) is 7.57. The summed E-state index contributed by atoms with van der Waals surface area (Å²) in [5.74, 6) is -0.463. The SMILES string of the molecule is CO[C@H]1C[C@@H](C(N)=O)N(CCC(=O)NCc2ccccc2Cl)C1. The molecule has 2 rings (SSSR count). The van der Waals surface area contributed by atoms with Gasteiger partial charge in [-0.2, -0.15) is 0 Å². The van der Waals surface area contributed by atoms with Crippen molar-refractivity contribution in [1.82, 2.24) is 10.2 Å². The van der Waals surface area contributed by atoms with E-state index in [0.29, 0.717) is 37.5 Å². The van der Waals surface area contributed by atoms with E-state index in [1.54, 1.807) is 13.2 Å². The maximum Gasteiger partial charge on any atom is 0.234 e. The van der Waals surface area contributed by atoms with Crippen LogP contribution in [-0.4, -0.2) is 49.1 Å². The van der Waals surface area contributed by atoms with Crippen LogP contribution in [0.1, 0.15) is 18.4 Å². The van der Waals surface area contributed by atoms with E-state index in [-0.39, 0.29) is 24.0 Å². The maximum atomic E-state index is 12.0. The number of nitrogens with one attached hydrogen (secondary N) is 1. The molecular formula is C16H22ClN3O3. The molecule has 0 saturated carbocycles. The zero-order chi connectivity index (χ0) is 16.8. The van der Waals surface area contributed by atoms with Gasteiger partial charge in [0.05, 0.1) is 12.1 Å². The molecule has 1 aliphatic rings. The second-order valence-electron chi connectivity index (χ2n) is 5.62. The summed E-state index contributed by atoms with van der Waals surface area (Å²) in [5.41, 5.74) is 6.28. The molecule has 1 fully saturated rings. The summed E-state index contributed by atoms with van der Waals surface area (Å²) in [4.78, 5) is 25.4. The highest BCUT2D eigenvalue weighted by atomic mass is 35.5. The maximum absolute atomic E-state index is 12.0.